The van der Waals surface area contributed by atoms with Crippen molar-refractivity contribution in [2.24, 2.45) is 5.92 Å². The summed E-state index contributed by atoms with van der Waals surface area (Å²) in [5.74, 6) is 2.81. The molecular formula is C21H27N3O3S. The predicted molar refractivity (Wildman–Crippen MR) is 110 cm³/mol. The number of aromatic nitrogens is 2. The van der Waals surface area contributed by atoms with E-state index in [1.165, 1.54) is 18.2 Å². The lowest BCUT2D eigenvalue weighted by molar-refractivity contribution is -0.130. The maximum atomic E-state index is 12.6. The molecule has 0 bridgehead atoms. The van der Waals surface area contributed by atoms with E-state index in [0.717, 1.165) is 54.0 Å². The Kier molecular flexibility index (Phi) is 5.80. The number of amides is 1. The lowest BCUT2D eigenvalue weighted by Crippen LogP contribution is -2.40. The van der Waals surface area contributed by atoms with Crippen LogP contribution in [0.1, 0.15) is 26.7 Å². The van der Waals surface area contributed by atoms with E-state index in [0.29, 0.717) is 24.9 Å². The number of ether oxygens (including phenoxy) is 2. The van der Waals surface area contributed by atoms with Gasteiger partial charge in [-0.2, -0.15) is 0 Å². The number of thioether (sulfide) groups is 1. The molecule has 1 aromatic carbocycles. The Morgan fingerprint density at radius 2 is 2.11 bits per heavy atom. The third kappa shape index (κ3) is 3.99. The largest absolute Gasteiger partial charge is 0.486 e. The fourth-order valence-corrected chi connectivity index (χ4v) is 4.79. The van der Waals surface area contributed by atoms with Gasteiger partial charge in [-0.15, -0.1) is 0 Å². The third-order valence-corrected chi connectivity index (χ3v) is 6.28. The number of carbonyl (C=O) groups excluding carboxylic acids is 1. The zero-order valence-corrected chi connectivity index (χ0v) is 17.3. The molecule has 0 radical (unpaired) electrons. The van der Waals surface area contributed by atoms with Gasteiger partial charge in [-0.3, -0.25) is 4.79 Å². The molecular weight excluding hydrogens is 374 g/mol. The van der Waals surface area contributed by atoms with Crippen molar-refractivity contribution in [2.45, 2.75) is 38.4 Å². The summed E-state index contributed by atoms with van der Waals surface area (Å²) in [6.45, 7) is 8.03. The minimum atomic E-state index is 0.211. The molecule has 4 rings (SSSR count). The SMILES string of the molecule is CCn1c(-c2ccc3c(c2)OCCO3)cnc1SCC(=O)N1CCCC(C)C1. The number of benzene rings is 1. The van der Waals surface area contributed by atoms with Crippen molar-refractivity contribution in [1.82, 2.24) is 14.5 Å². The fraction of sp³-hybridized carbons (Fsp3) is 0.524. The zero-order valence-electron chi connectivity index (χ0n) is 16.5. The van der Waals surface area contributed by atoms with E-state index in [9.17, 15) is 4.79 Å². The highest BCUT2D eigenvalue weighted by Crippen LogP contribution is 2.35. The zero-order chi connectivity index (χ0) is 19.5. The number of carbonyl (C=O) groups is 1. The highest BCUT2D eigenvalue weighted by atomic mass is 32.2. The summed E-state index contributed by atoms with van der Waals surface area (Å²) in [7, 11) is 0. The Bertz CT molecular complexity index is 851. The van der Waals surface area contributed by atoms with Crippen LogP contribution in [0.3, 0.4) is 0 Å². The van der Waals surface area contributed by atoms with E-state index in [-0.39, 0.29) is 5.91 Å². The van der Waals surface area contributed by atoms with Crippen LogP contribution in [0.15, 0.2) is 29.6 Å². The molecule has 3 heterocycles. The second-order valence-corrected chi connectivity index (χ2v) is 8.35. The number of nitrogens with zero attached hydrogens (tertiary/aromatic N) is 3. The summed E-state index contributed by atoms with van der Waals surface area (Å²) < 4.78 is 13.5. The normalized spacial score (nSPS) is 18.9. The van der Waals surface area contributed by atoms with Crippen molar-refractivity contribution in [3.63, 3.8) is 0 Å². The maximum Gasteiger partial charge on any atom is 0.233 e. The first kappa shape index (κ1) is 19.2. The first-order valence-corrected chi connectivity index (χ1v) is 11.0. The van der Waals surface area contributed by atoms with E-state index in [1.807, 2.05) is 29.3 Å². The van der Waals surface area contributed by atoms with Crippen LogP contribution in [-0.4, -0.2) is 52.4 Å². The molecule has 1 saturated heterocycles. The van der Waals surface area contributed by atoms with Gasteiger partial charge in [0.15, 0.2) is 16.7 Å². The summed E-state index contributed by atoms with van der Waals surface area (Å²) in [6.07, 6.45) is 4.20. The topological polar surface area (TPSA) is 56.6 Å². The summed E-state index contributed by atoms with van der Waals surface area (Å²) in [4.78, 5) is 19.2. The second kappa shape index (κ2) is 8.47. The number of fused-ring (bicyclic) bond motifs is 1. The summed E-state index contributed by atoms with van der Waals surface area (Å²) in [5.41, 5.74) is 2.07. The van der Waals surface area contributed by atoms with Crippen LogP contribution in [-0.2, 0) is 11.3 Å². The van der Waals surface area contributed by atoms with Gasteiger partial charge in [-0.1, -0.05) is 18.7 Å². The van der Waals surface area contributed by atoms with Crippen LogP contribution < -0.4 is 9.47 Å². The summed E-state index contributed by atoms with van der Waals surface area (Å²) in [5, 5.41) is 0.880. The summed E-state index contributed by atoms with van der Waals surface area (Å²) >= 11 is 1.52. The lowest BCUT2D eigenvalue weighted by atomic mass is 10.0. The molecule has 2 aliphatic heterocycles. The number of imidazole rings is 1. The van der Waals surface area contributed by atoms with Crippen molar-refractivity contribution >= 4 is 17.7 Å². The fourth-order valence-electron chi connectivity index (χ4n) is 3.85. The van der Waals surface area contributed by atoms with Crippen LogP contribution >= 0.6 is 11.8 Å². The van der Waals surface area contributed by atoms with Crippen LogP contribution in [0.25, 0.3) is 11.3 Å². The first-order valence-electron chi connectivity index (χ1n) is 10.0. The van der Waals surface area contributed by atoms with Crippen LogP contribution in [0.2, 0.25) is 0 Å². The Morgan fingerprint density at radius 1 is 1.29 bits per heavy atom. The van der Waals surface area contributed by atoms with Crippen molar-refractivity contribution in [3.05, 3.63) is 24.4 Å². The molecule has 1 aromatic heterocycles. The molecule has 150 valence electrons. The van der Waals surface area contributed by atoms with Crippen molar-refractivity contribution in [1.29, 1.82) is 0 Å². The highest BCUT2D eigenvalue weighted by molar-refractivity contribution is 7.99. The number of hydrogen-bond acceptors (Lipinski definition) is 5. The van der Waals surface area contributed by atoms with Gasteiger partial charge >= 0.3 is 0 Å². The van der Waals surface area contributed by atoms with Crippen LogP contribution in [0, 0.1) is 5.92 Å². The molecule has 1 atom stereocenters. The standard InChI is InChI=1S/C21H27N3O3S/c1-3-24-17(16-6-7-18-19(11-16)27-10-9-26-18)12-22-21(24)28-14-20(25)23-8-4-5-15(2)13-23/h6-7,11-12,15H,3-5,8-10,13-14H2,1-2H3. The van der Waals surface area contributed by atoms with E-state index in [2.05, 4.69) is 23.4 Å². The highest BCUT2D eigenvalue weighted by Gasteiger charge is 2.22. The molecule has 6 nitrogen and oxygen atoms in total. The minimum absolute atomic E-state index is 0.211. The van der Waals surface area contributed by atoms with Gasteiger partial charge in [-0.25, -0.2) is 4.98 Å². The average molecular weight is 402 g/mol. The van der Waals surface area contributed by atoms with Gasteiger partial charge in [0.05, 0.1) is 17.6 Å². The van der Waals surface area contributed by atoms with Gasteiger partial charge in [0.2, 0.25) is 5.91 Å². The predicted octanol–water partition coefficient (Wildman–Crippen LogP) is 3.69. The van der Waals surface area contributed by atoms with E-state index in [1.54, 1.807) is 0 Å². The minimum Gasteiger partial charge on any atom is -0.486 e. The van der Waals surface area contributed by atoms with E-state index < -0.39 is 0 Å². The first-order chi connectivity index (χ1) is 13.7. The molecule has 0 saturated carbocycles. The van der Waals surface area contributed by atoms with Gasteiger partial charge < -0.3 is 18.9 Å². The van der Waals surface area contributed by atoms with E-state index in [4.69, 9.17) is 9.47 Å². The molecule has 1 amide bonds. The number of hydrogen-bond donors (Lipinski definition) is 0. The molecule has 7 heteroatoms. The smallest absolute Gasteiger partial charge is 0.233 e. The third-order valence-electron chi connectivity index (χ3n) is 5.31. The number of piperidine rings is 1. The van der Waals surface area contributed by atoms with Crippen molar-refractivity contribution in [2.75, 3.05) is 32.1 Å². The van der Waals surface area contributed by atoms with Crippen molar-refractivity contribution < 1.29 is 14.3 Å². The van der Waals surface area contributed by atoms with Gasteiger partial charge in [0.25, 0.3) is 0 Å². The van der Waals surface area contributed by atoms with Crippen LogP contribution in [0.5, 0.6) is 11.5 Å². The molecule has 2 aliphatic rings. The Balaban J connectivity index is 1.48. The average Bonchev–Trinajstić information content (AvgIpc) is 3.14. The lowest BCUT2D eigenvalue weighted by Gasteiger charge is -2.30. The molecule has 2 aromatic rings. The molecule has 1 unspecified atom stereocenters. The quantitative estimate of drug-likeness (QED) is 0.715. The Hall–Kier alpha value is -2.15. The number of likely N-dealkylation sites (tertiary alicyclic amines) is 1. The van der Waals surface area contributed by atoms with Crippen LogP contribution in [0.4, 0.5) is 0 Å². The molecule has 0 aliphatic carbocycles. The molecule has 28 heavy (non-hydrogen) atoms. The summed E-state index contributed by atoms with van der Waals surface area (Å²) in [6, 6.07) is 5.99. The van der Waals surface area contributed by atoms with Gasteiger partial charge in [0.1, 0.15) is 13.2 Å². The number of rotatable bonds is 5. The monoisotopic (exact) mass is 401 g/mol. The second-order valence-electron chi connectivity index (χ2n) is 7.40. The maximum absolute atomic E-state index is 12.6. The van der Waals surface area contributed by atoms with Gasteiger partial charge in [-0.05, 0) is 43.9 Å². The Morgan fingerprint density at radius 3 is 2.89 bits per heavy atom. The molecule has 0 N–H and O–H groups in total. The van der Waals surface area contributed by atoms with E-state index >= 15 is 0 Å². The van der Waals surface area contributed by atoms with Gasteiger partial charge in [0, 0.05) is 25.2 Å². The van der Waals surface area contributed by atoms with Crippen molar-refractivity contribution in [3.8, 4) is 22.8 Å². The molecule has 1 fully saturated rings. The Labute approximate surface area is 170 Å². The molecule has 0 spiro atoms.